The van der Waals surface area contributed by atoms with Gasteiger partial charge in [0, 0.05) is 6.07 Å². The zero-order chi connectivity index (χ0) is 12.3. The van der Waals surface area contributed by atoms with Crippen LogP contribution in [0.3, 0.4) is 0 Å². The number of ether oxygens (including phenoxy) is 2. The molecule has 0 bridgehead atoms. The van der Waals surface area contributed by atoms with Crippen LogP contribution in [0.4, 0.5) is 0 Å². The quantitative estimate of drug-likeness (QED) is 0.787. The van der Waals surface area contributed by atoms with Crippen molar-refractivity contribution < 1.29 is 9.47 Å². The lowest BCUT2D eigenvalue weighted by molar-refractivity contribution is 0.317. The molecule has 0 N–H and O–H groups in total. The molecular weight excluding hydrogens is 212 g/mol. The Morgan fingerprint density at radius 1 is 1.06 bits per heavy atom. The van der Waals surface area contributed by atoms with Gasteiger partial charge >= 0.3 is 0 Å². The summed E-state index contributed by atoms with van der Waals surface area (Å²) in [5.41, 5.74) is 1.35. The van der Waals surface area contributed by atoms with Crippen molar-refractivity contribution in [2.75, 3.05) is 14.2 Å². The van der Waals surface area contributed by atoms with Gasteiger partial charge in [-0.25, -0.2) is 0 Å². The van der Waals surface area contributed by atoms with Crippen molar-refractivity contribution in [3.8, 4) is 11.5 Å². The Morgan fingerprint density at radius 3 is 2.47 bits per heavy atom. The number of hydrogen-bond acceptors (Lipinski definition) is 2. The van der Waals surface area contributed by atoms with Gasteiger partial charge in [0.1, 0.15) is 11.5 Å². The van der Waals surface area contributed by atoms with Crippen LogP contribution in [0.15, 0.2) is 18.2 Å². The summed E-state index contributed by atoms with van der Waals surface area (Å²) in [7, 11) is 3.43. The van der Waals surface area contributed by atoms with Gasteiger partial charge in [0.15, 0.2) is 0 Å². The van der Waals surface area contributed by atoms with E-state index in [0.717, 1.165) is 17.4 Å². The predicted molar refractivity (Wildman–Crippen MR) is 69.9 cm³/mol. The van der Waals surface area contributed by atoms with E-state index in [0.29, 0.717) is 5.92 Å². The van der Waals surface area contributed by atoms with E-state index in [1.807, 2.05) is 12.1 Å². The van der Waals surface area contributed by atoms with E-state index in [9.17, 15) is 0 Å². The van der Waals surface area contributed by atoms with E-state index in [1.165, 1.54) is 31.2 Å². The Hall–Kier alpha value is -1.18. The molecule has 0 heterocycles. The molecule has 94 valence electrons. The molecule has 0 radical (unpaired) electrons. The minimum atomic E-state index is 0.643. The van der Waals surface area contributed by atoms with Crippen molar-refractivity contribution in [1.82, 2.24) is 0 Å². The molecule has 2 atom stereocenters. The second-order valence-corrected chi connectivity index (χ2v) is 4.98. The summed E-state index contributed by atoms with van der Waals surface area (Å²) >= 11 is 0. The van der Waals surface area contributed by atoms with Gasteiger partial charge in [-0.15, -0.1) is 0 Å². The highest BCUT2D eigenvalue weighted by Gasteiger charge is 2.25. The first kappa shape index (κ1) is 12.3. The van der Waals surface area contributed by atoms with Crippen molar-refractivity contribution in [2.45, 2.75) is 38.5 Å². The van der Waals surface area contributed by atoms with Crippen LogP contribution in [0.25, 0.3) is 0 Å². The molecular formula is C15H22O2. The van der Waals surface area contributed by atoms with Gasteiger partial charge in [-0.1, -0.05) is 32.3 Å². The van der Waals surface area contributed by atoms with E-state index >= 15 is 0 Å². The Kier molecular flexibility index (Phi) is 3.93. The zero-order valence-electron chi connectivity index (χ0n) is 11.0. The lowest BCUT2D eigenvalue weighted by Crippen LogP contribution is -2.15. The van der Waals surface area contributed by atoms with Crippen LogP contribution in [0, 0.1) is 5.92 Å². The highest BCUT2D eigenvalue weighted by molar-refractivity contribution is 5.43. The molecule has 0 aliphatic heterocycles. The molecule has 0 aromatic heterocycles. The van der Waals surface area contributed by atoms with Gasteiger partial charge in [0.2, 0.25) is 0 Å². The molecule has 2 unspecified atom stereocenters. The monoisotopic (exact) mass is 234 g/mol. The first-order valence-electron chi connectivity index (χ1n) is 6.48. The van der Waals surface area contributed by atoms with E-state index < -0.39 is 0 Å². The summed E-state index contributed by atoms with van der Waals surface area (Å²) < 4.78 is 10.8. The maximum absolute atomic E-state index is 5.51. The maximum atomic E-state index is 5.51. The third-order valence-corrected chi connectivity index (χ3v) is 3.95. The van der Waals surface area contributed by atoms with Gasteiger partial charge in [-0.2, -0.15) is 0 Å². The topological polar surface area (TPSA) is 18.5 Å². The van der Waals surface area contributed by atoms with Crippen LogP contribution in [-0.4, -0.2) is 14.2 Å². The molecule has 1 fully saturated rings. The summed E-state index contributed by atoms with van der Waals surface area (Å²) in [5, 5.41) is 0. The van der Waals surface area contributed by atoms with Gasteiger partial charge in [0.05, 0.1) is 14.2 Å². The van der Waals surface area contributed by atoms with Crippen LogP contribution in [0.2, 0.25) is 0 Å². The molecule has 2 rings (SSSR count). The fourth-order valence-corrected chi connectivity index (χ4v) is 2.90. The lowest BCUT2D eigenvalue weighted by atomic mass is 9.76. The van der Waals surface area contributed by atoms with Crippen molar-refractivity contribution in [1.29, 1.82) is 0 Å². The smallest absolute Gasteiger partial charge is 0.126 e. The third-order valence-electron chi connectivity index (χ3n) is 3.95. The van der Waals surface area contributed by atoms with Crippen molar-refractivity contribution >= 4 is 0 Å². The first-order valence-corrected chi connectivity index (χ1v) is 6.48. The van der Waals surface area contributed by atoms with E-state index in [1.54, 1.807) is 14.2 Å². The van der Waals surface area contributed by atoms with Crippen LogP contribution >= 0.6 is 0 Å². The summed E-state index contributed by atoms with van der Waals surface area (Å²) in [4.78, 5) is 0. The van der Waals surface area contributed by atoms with Crippen LogP contribution < -0.4 is 9.47 Å². The minimum absolute atomic E-state index is 0.643. The van der Waals surface area contributed by atoms with E-state index in [4.69, 9.17) is 9.47 Å². The molecule has 2 heteroatoms. The van der Waals surface area contributed by atoms with Crippen LogP contribution in [0.1, 0.15) is 44.1 Å². The fraction of sp³-hybridized carbons (Fsp3) is 0.600. The second kappa shape index (κ2) is 5.44. The van der Waals surface area contributed by atoms with Gasteiger partial charge in [-0.3, -0.25) is 0 Å². The molecule has 1 aliphatic rings. The summed E-state index contributed by atoms with van der Waals surface area (Å²) in [6, 6.07) is 6.21. The Labute approximate surface area is 104 Å². The molecule has 1 aromatic rings. The molecule has 1 saturated carbocycles. The highest BCUT2D eigenvalue weighted by Crippen LogP contribution is 2.42. The average Bonchev–Trinajstić information content (AvgIpc) is 2.38. The van der Waals surface area contributed by atoms with Crippen molar-refractivity contribution in [3.63, 3.8) is 0 Å². The SMILES string of the molecule is COc1ccc(C2CCCCC2C)c(OC)c1. The Bertz CT molecular complexity index is 373. The van der Waals surface area contributed by atoms with Gasteiger partial charge in [0.25, 0.3) is 0 Å². The Balaban J connectivity index is 2.30. The molecule has 1 aromatic carbocycles. The molecule has 0 amide bonds. The fourth-order valence-electron chi connectivity index (χ4n) is 2.90. The molecule has 2 nitrogen and oxygen atoms in total. The molecule has 0 spiro atoms. The molecule has 17 heavy (non-hydrogen) atoms. The minimum Gasteiger partial charge on any atom is -0.497 e. The van der Waals surface area contributed by atoms with Crippen LogP contribution in [-0.2, 0) is 0 Å². The Morgan fingerprint density at radius 2 is 1.82 bits per heavy atom. The maximum Gasteiger partial charge on any atom is 0.126 e. The summed E-state index contributed by atoms with van der Waals surface area (Å²) in [6.07, 6.45) is 5.32. The number of rotatable bonds is 3. The van der Waals surface area contributed by atoms with E-state index in [-0.39, 0.29) is 0 Å². The third kappa shape index (κ3) is 2.56. The summed E-state index contributed by atoms with van der Waals surface area (Å²) in [5.74, 6) is 3.24. The van der Waals surface area contributed by atoms with Crippen molar-refractivity contribution in [3.05, 3.63) is 23.8 Å². The normalized spacial score (nSPS) is 24.4. The second-order valence-electron chi connectivity index (χ2n) is 4.98. The van der Waals surface area contributed by atoms with Crippen molar-refractivity contribution in [2.24, 2.45) is 5.92 Å². The first-order chi connectivity index (χ1) is 8.26. The number of benzene rings is 1. The molecule has 0 saturated heterocycles. The van der Waals surface area contributed by atoms with E-state index in [2.05, 4.69) is 13.0 Å². The molecule has 1 aliphatic carbocycles. The van der Waals surface area contributed by atoms with Gasteiger partial charge in [-0.05, 0) is 29.9 Å². The summed E-state index contributed by atoms with van der Waals surface area (Å²) in [6.45, 7) is 2.35. The predicted octanol–water partition coefficient (Wildman–Crippen LogP) is 4.00. The van der Waals surface area contributed by atoms with Gasteiger partial charge < -0.3 is 9.47 Å². The van der Waals surface area contributed by atoms with Crippen LogP contribution in [0.5, 0.6) is 11.5 Å². The number of methoxy groups -OCH3 is 2. The zero-order valence-corrected chi connectivity index (χ0v) is 11.0. The highest BCUT2D eigenvalue weighted by atomic mass is 16.5. The standard InChI is InChI=1S/C15H22O2/c1-11-6-4-5-7-13(11)14-9-8-12(16-2)10-15(14)17-3/h8-11,13H,4-7H2,1-3H3. The largest absolute Gasteiger partial charge is 0.497 e. The average molecular weight is 234 g/mol. The lowest BCUT2D eigenvalue weighted by Gasteiger charge is -2.30. The number of hydrogen-bond donors (Lipinski definition) is 0.